The number of nitrogens with one attached hydrogen (secondary N) is 2. The second-order valence-corrected chi connectivity index (χ2v) is 6.85. The number of fused-ring (bicyclic) bond motifs is 1. The molecule has 1 amide bonds. The summed E-state index contributed by atoms with van der Waals surface area (Å²) in [6.45, 7) is 5.94. The molecule has 1 aromatic heterocycles. The summed E-state index contributed by atoms with van der Waals surface area (Å²) < 4.78 is 5.19. The molecule has 1 aliphatic rings. The molecule has 1 aromatic rings. The normalized spacial score (nSPS) is 16.2. The van der Waals surface area contributed by atoms with Gasteiger partial charge in [0.2, 0.25) is 0 Å². The van der Waals surface area contributed by atoms with Crippen molar-refractivity contribution in [2.24, 2.45) is 5.73 Å². The molecule has 0 aromatic carbocycles. The predicted molar refractivity (Wildman–Crippen MR) is 83.4 cm³/mol. The molecule has 0 aliphatic heterocycles. The molecule has 4 N–H and O–H groups in total. The number of hydrogen-bond donors (Lipinski definition) is 3. The van der Waals surface area contributed by atoms with Gasteiger partial charge in [-0.15, -0.1) is 0 Å². The molecule has 21 heavy (non-hydrogen) atoms. The standard InChI is InChI=1S/C16H27N3O2/c1-16(2,3)21-15(20)18-10-12(17)9-13-8-11-6-4-5-7-14(11)19-13/h8,12,19H,4-7,9-10,17H2,1-3H3,(H,18,20). The van der Waals surface area contributed by atoms with Crippen LogP contribution in [-0.2, 0) is 24.0 Å². The number of nitrogens with two attached hydrogens (primary N) is 1. The first kappa shape index (κ1) is 15.9. The zero-order valence-electron chi connectivity index (χ0n) is 13.3. The third kappa shape index (κ3) is 5.08. The Bertz CT molecular complexity index is 465. The Balaban J connectivity index is 1.78. The van der Waals surface area contributed by atoms with Crippen LogP contribution in [-0.4, -0.2) is 29.3 Å². The molecule has 0 radical (unpaired) electrons. The first-order valence-corrected chi connectivity index (χ1v) is 7.75. The van der Waals surface area contributed by atoms with Crippen LogP contribution in [0.5, 0.6) is 0 Å². The molecule has 0 spiro atoms. The summed E-state index contributed by atoms with van der Waals surface area (Å²) in [5.74, 6) is 0. The van der Waals surface area contributed by atoms with Gasteiger partial charge in [-0.1, -0.05) is 0 Å². The fourth-order valence-corrected chi connectivity index (χ4v) is 2.66. The van der Waals surface area contributed by atoms with E-state index in [-0.39, 0.29) is 6.04 Å². The Morgan fingerprint density at radius 1 is 1.43 bits per heavy atom. The summed E-state index contributed by atoms with van der Waals surface area (Å²) in [6, 6.07) is 2.11. The summed E-state index contributed by atoms with van der Waals surface area (Å²) in [6.07, 6.45) is 5.17. The lowest BCUT2D eigenvalue weighted by Gasteiger charge is -2.20. The van der Waals surface area contributed by atoms with Crippen molar-refractivity contribution in [3.63, 3.8) is 0 Å². The summed E-state index contributed by atoms with van der Waals surface area (Å²) in [5.41, 5.74) is 9.57. The van der Waals surface area contributed by atoms with E-state index in [4.69, 9.17) is 10.5 Å². The largest absolute Gasteiger partial charge is 0.444 e. The maximum absolute atomic E-state index is 11.6. The van der Waals surface area contributed by atoms with Crippen molar-refractivity contribution in [1.82, 2.24) is 10.3 Å². The van der Waals surface area contributed by atoms with Gasteiger partial charge < -0.3 is 20.8 Å². The number of rotatable bonds is 4. The molecule has 5 nitrogen and oxygen atoms in total. The van der Waals surface area contributed by atoms with Gasteiger partial charge in [0.25, 0.3) is 0 Å². The van der Waals surface area contributed by atoms with E-state index in [1.165, 1.54) is 29.8 Å². The van der Waals surface area contributed by atoms with E-state index in [0.717, 1.165) is 19.3 Å². The van der Waals surface area contributed by atoms with Gasteiger partial charge in [-0.3, -0.25) is 0 Å². The minimum absolute atomic E-state index is 0.113. The van der Waals surface area contributed by atoms with E-state index in [0.29, 0.717) is 6.54 Å². The second-order valence-electron chi connectivity index (χ2n) is 6.85. The van der Waals surface area contributed by atoms with Crippen molar-refractivity contribution in [3.05, 3.63) is 23.0 Å². The molecule has 0 fully saturated rings. The van der Waals surface area contributed by atoms with E-state index in [9.17, 15) is 4.79 Å². The van der Waals surface area contributed by atoms with Crippen molar-refractivity contribution in [2.45, 2.75) is 64.5 Å². The molecule has 0 saturated carbocycles. The quantitative estimate of drug-likeness (QED) is 0.796. The zero-order valence-corrected chi connectivity index (χ0v) is 13.3. The number of carbonyl (C=O) groups is 1. The lowest BCUT2D eigenvalue weighted by Crippen LogP contribution is -2.41. The van der Waals surface area contributed by atoms with Crippen LogP contribution in [0, 0.1) is 0 Å². The third-order valence-electron chi connectivity index (χ3n) is 3.56. The van der Waals surface area contributed by atoms with Crippen LogP contribution in [0.4, 0.5) is 4.79 Å². The van der Waals surface area contributed by atoms with E-state index < -0.39 is 11.7 Å². The number of alkyl carbamates (subject to hydrolysis) is 1. The molecule has 1 unspecified atom stereocenters. The van der Waals surface area contributed by atoms with Crippen LogP contribution in [0.2, 0.25) is 0 Å². The fourth-order valence-electron chi connectivity index (χ4n) is 2.66. The highest BCUT2D eigenvalue weighted by atomic mass is 16.6. The van der Waals surface area contributed by atoms with Crippen molar-refractivity contribution in [1.29, 1.82) is 0 Å². The molecule has 2 rings (SSSR count). The monoisotopic (exact) mass is 293 g/mol. The van der Waals surface area contributed by atoms with Gasteiger partial charge in [-0.05, 0) is 58.1 Å². The van der Waals surface area contributed by atoms with Gasteiger partial charge in [-0.2, -0.15) is 0 Å². The Morgan fingerprint density at radius 2 is 2.14 bits per heavy atom. The van der Waals surface area contributed by atoms with Crippen LogP contribution in [0.1, 0.15) is 50.6 Å². The third-order valence-corrected chi connectivity index (χ3v) is 3.56. The number of aromatic amines is 1. The lowest BCUT2D eigenvalue weighted by molar-refractivity contribution is 0.0524. The predicted octanol–water partition coefficient (Wildman–Crippen LogP) is 2.29. The first-order chi connectivity index (χ1) is 9.83. The van der Waals surface area contributed by atoms with Gasteiger partial charge in [0.05, 0.1) is 0 Å². The van der Waals surface area contributed by atoms with Crippen LogP contribution >= 0.6 is 0 Å². The molecule has 118 valence electrons. The van der Waals surface area contributed by atoms with Gasteiger partial charge >= 0.3 is 6.09 Å². The van der Waals surface area contributed by atoms with Crippen LogP contribution < -0.4 is 11.1 Å². The number of carbonyl (C=O) groups excluding carboxylic acids is 1. The summed E-state index contributed by atoms with van der Waals surface area (Å²) in [4.78, 5) is 15.0. The SMILES string of the molecule is CC(C)(C)OC(=O)NCC(N)Cc1cc2c([nH]1)CCCC2. The Morgan fingerprint density at radius 3 is 2.81 bits per heavy atom. The van der Waals surface area contributed by atoms with Crippen LogP contribution in [0.3, 0.4) is 0 Å². The topological polar surface area (TPSA) is 80.1 Å². The van der Waals surface area contributed by atoms with E-state index in [1.54, 1.807) is 0 Å². The molecular weight excluding hydrogens is 266 g/mol. The van der Waals surface area contributed by atoms with Crippen molar-refractivity contribution in [3.8, 4) is 0 Å². The fraction of sp³-hybridized carbons (Fsp3) is 0.688. The number of ether oxygens (including phenoxy) is 1. The molecule has 5 heteroatoms. The number of aromatic nitrogens is 1. The van der Waals surface area contributed by atoms with Gasteiger partial charge in [0.15, 0.2) is 0 Å². The molecule has 1 atom stereocenters. The number of amides is 1. The van der Waals surface area contributed by atoms with Crippen molar-refractivity contribution in [2.75, 3.05) is 6.54 Å². The maximum atomic E-state index is 11.6. The number of aryl methyl sites for hydroxylation is 2. The highest BCUT2D eigenvalue weighted by Gasteiger charge is 2.17. The molecule has 0 bridgehead atoms. The number of H-pyrrole nitrogens is 1. The minimum atomic E-state index is -0.479. The Labute approximate surface area is 126 Å². The molecule has 1 heterocycles. The molecular formula is C16H27N3O2. The van der Waals surface area contributed by atoms with Gasteiger partial charge in [0, 0.05) is 30.4 Å². The van der Waals surface area contributed by atoms with Crippen LogP contribution in [0.15, 0.2) is 6.07 Å². The van der Waals surface area contributed by atoms with Gasteiger partial charge in [-0.25, -0.2) is 4.79 Å². The molecule has 0 saturated heterocycles. The first-order valence-electron chi connectivity index (χ1n) is 7.75. The summed E-state index contributed by atoms with van der Waals surface area (Å²) in [7, 11) is 0. The Kier molecular flexibility index (Phi) is 4.93. The number of hydrogen-bond acceptors (Lipinski definition) is 3. The van der Waals surface area contributed by atoms with E-state index >= 15 is 0 Å². The van der Waals surface area contributed by atoms with Gasteiger partial charge in [0.1, 0.15) is 5.60 Å². The zero-order chi connectivity index (χ0) is 15.5. The highest BCUT2D eigenvalue weighted by Crippen LogP contribution is 2.22. The average Bonchev–Trinajstić information content (AvgIpc) is 2.76. The maximum Gasteiger partial charge on any atom is 0.407 e. The molecule has 1 aliphatic carbocycles. The summed E-state index contributed by atoms with van der Waals surface area (Å²) in [5, 5.41) is 2.72. The second kappa shape index (κ2) is 6.52. The van der Waals surface area contributed by atoms with Crippen LogP contribution in [0.25, 0.3) is 0 Å². The lowest BCUT2D eigenvalue weighted by atomic mass is 9.98. The van der Waals surface area contributed by atoms with Crippen molar-refractivity contribution < 1.29 is 9.53 Å². The minimum Gasteiger partial charge on any atom is -0.444 e. The average molecular weight is 293 g/mol. The Hall–Kier alpha value is -1.49. The highest BCUT2D eigenvalue weighted by molar-refractivity contribution is 5.67. The van der Waals surface area contributed by atoms with Crippen molar-refractivity contribution >= 4 is 6.09 Å². The van der Waals surface area contributed by atoms with E-state index in [1.807, 2.05) is 20.8 Å². The smallest absolute Gasteiger partial charge is 0.407 e. The summed E-state index contributed by atoms with van der Waals surface area (Å²) >= 11 is 0. The van der Waals surface area contributed by atoms with E-state index in [2.05, 4.69) is 16.4 Å².